The lowest BCUT2D eigenvalue weighted by atomic mass is 9.97. The Morgan fingerprint density at radius 2 is 1.93 bits per heavy atom. The number of amides is 1. The van der Waals surface area contributed by atoms with E-state index in [4.69, 9.17) is 14.6 Å². The van der Waals surface area contributed by atoms with Crippen LogP contribution in [0.2, 0.25) is 0 Å². The molecule has 3 rings (SSSR count). The minimum Gasteiger partial charge on any atom is -0.495 e. The van der Waals surface area contributed by atoms with Gasteiger partial charge in [0.1, 0.15) is 5.75 Å². The zero-order valence-electron chi connectivity index (χ0n) is 15.7. The summed E-state index contributed by atoms with van der Waals surface area (Å²) >= 11 is 0. The third-order valence-electron chi connectivity index (χ3n) is 4.24. The minimum absolute atomic E-state index is 0.0273. The molecule has 0 fully saturated rings. The molecule has 2 heterocycles. The predicted octanol–water partition coefficient (Wildman–Crippen LogP) is 2.71. The van der Waals surface area contributed by atoms with Crippen molar-refractivity contribution < 1.29 is 29.0 Å². The second kappa shape index (κ2) is 8.30. The van der Waals surface area contributed by atoms with Gasteiger partial charge < -0.3 is 24.9 Å². The van der Waals surface area contributed by atoms with Crippen LogP contribution in [0.3, 0.4) is 0 Å². The number of carboxylic acids is 1. The molecule has 1 aromatic carbocycles. The zero-order valence-corrected chi connectivity index (χ0v) is 15.7. The number of aromatic amines is 1. The number of rotatable bonds is 6. The average molecular weight is 394 g/mol. The number of esters is 1. The van der Waals surface area contributed by atoms with Crippen molar-refractivity contribution >= 4 is 41.3 Å². The average Bonchev–Trinajstić information content (AvgIpc) is 3.28. The van der Waals surface area contributed by atoms with E-state index in [2.05, 4.69) is 10.3 Å². The first-order chi connectivity index (χ1) is 13.9. The lowest BCUT2D eigenvalue weighted by molar-refractivity contribution is -0.135. The Balaban J connectivity index is 2.15. The second-order valence-corrected chi connectivity index (χ2v) is 6.00. The standard InChI is InChI=1S/C21H18N2O6/c1-28-17-8-9-22-16(17)11-14-19-12(4-3-5-15(19)23-20(14)26)10-13(21(27)29-2)6-7-18(24)25/h3-11,22H,1-2H3,(H,23,26)(H,24,25). The van der Waals surface area contributed by atoms with Crippen LogP contribution in [0.25, 0.3) is 17.7 Å². The zero-order chi connectivity index (χ0) is 21.0. The number of aliphatic carboxylic acids is 1. The largest absolute Gasteiger partial charge is 0.495 e. The highest BCUT2D eigenvalue weighted by molar-refractivity contribution is 6.35. The Morgan fingerprint density at radius 3 is 2.62 bits per heavy atom. The molecule has 0 saturated heterocycles. The van der Waals surface area contributed by atoms with Gasteiger partial charge in [-0.1, -0.05) is 12.1 Å². The summed E-state index contributed by atoms with van der Waals surface area (Å²) < 4.78 is 10.00. The first kappa shape index (κ1) is 19.7. The molecule has 1 aliphatic rings. The van der Waals surface area contributed by atoms with Crippen molar-refractivity contribution in [2.45, 2.75) is 0 Å². The van der Waals surface area contributed by atoms with Gasteiger partial charge in [0.2, 0.25) is 0 Å². The molecule has 8 heteroatoms. The Bertz CT molecular complexity index is 1070. The molecule has 0 spiro atoms. The monoisotopic (exact) mass is 394 g/mol. The smallest absolute Gasteiger partial charge is 0.337 e. The Hall–Kier alpha value is -4.07. The van der Waals surface area contributed by atoms with Crippen LogP contribution in [0.5, 0.6) is 5.75 Å². The summed E-state index contributed by atoms with van der Waals surface area (Å²) in [5, 5.41) is 11.6. The van der Waals surface area contributed by atoms with Crippen LogP contribution >= 0.6 is 0 Å². The molecule has 29 heavy (non-hydrogen) atoms. The number of methoxy groups -OCH3 is 2. The van der Waals surface area contributed by atoms with E-state index in [-0.39, 0.29) is 11.5 Å². The van der Waals surface area contributed by atoms with Crippen molar-refractivity contribution in [3.05, 3.63) is 65.0 Å². The number of ether oxygens (including phenoxy) is 2. The van der Waals surface area contributed by atoms with Crippen LogP contribution in [0.15, 0.2) is 48.2 Å². The van der Waals surface area contributed by atoms with Crippen LogP contribution < -0.4 is 10.1 Å². The van der Waals surface area contributed by atoms with E-state index in [1.807, 2.05) is 0 Å². The maximum atomic E-state index is 12.6. The van der Waals surface area contributed by atoms with Crippen LogP contribution in [0.4, 0.5) is 5.69 Å². The Morgan fingerprint density at radius 1 is 1.14 bits per heavy atom. The fourth-order valence-electron chi connectivity index (χ4n) is 2.96. The lowest BCUT2D eigenvalue weighted by Gasteiger charge is -2.07. The molecular formula is C21H18N2O6. The van der Waals surface area contributed by atoms with Gasteiger partial charge in [-0.25, -0.2) is 9.59 Å². The summed E-state index contributed by atoms with van der Waals surface area (Å²) in [7, 11) is 2.73. The fraction of sp³-hybridized carbons (Fsp3) is 0.0952. The molecule has 1 aliphatic heterocycles. The fourth-order valence-corrected chi connectivity index (χ4v) is 2.96. The van der Waals surface area contributed by atoms with Gasteiger partial charge in [-0.15, -0.1) is 0 Å². The van der Waals surface area contributed by atoms with Crippen LogP contribution in [-0.2, 0) is 19.1 Å². The molecule has 0 aliphatic carbocycles. The molecular weight excluding hydrogens is 376 g/mol. The van der Waals surface area contributed by atoms with E-state index in [1.165, 1.54) is 20.3 Å². The number of anilines is 1. The first-order valence-electron chi connectivity index (χ1n) is 8.53. The van der Waals surface area contributed by atoms with Crippen molar-refractivity contribution in [2.24, 2.45) is 0 Å². The highest BCUT2D eigenvalue weighted by atomic mass is 16.5. The highest BCUT2D eigenvalue weighted by Gasteiger charge is 2.27. The summed E-state index contributed by atoms with van der Waals surface area (Å²) in [5.41, 5.74) is 2.72. The maximum Gasteiger partial charge on any atom is 0.337 e. The lowest BCUT2D eigenvalue weighted by Crippen LogP contribution is -2.04. The van der Waals surface area contributed by atoms with Crippen LogP contribution in [0.1, 0.15) is 16.8 Å². The molecule has 148 valence electrons. The van der Waals surface area contributed by atoms with Gasteiger partial charge in [-0.2, -0.15) is 0 Å². The number of carbonyl (C=O) groups is 3. The van der Waals surface area contributed by atoms with E-state index in [1.54, 1.807) is 36.5 Å². The van der Waals surface area contributed by atoms with Crippen LogP contribution in [0, 0.1) is 0 Å². The topological polar surface area (TPSA) is 118 Å². The molecule has 1 amide bonds. The van der Waals surface area contributed by atoms with Crippen LogP contribution in [-0.4, -0.2) is 42.2 Å². The van der Waals surface area contributed by atoms with E-state index in [0.717, 1.165) is 12.2 Å². The van der Waals surface area contributed by atoms with Gasteiger partial charge in [-0.05, 0) is 35.9 Å². The van der Waals surface area contributed by atoms with Crippen molar-refractivity contribution in [2.75, 3.05) is 19.5 Å². The van der Waals surface area contributed by atoms with Gasteiger partial charge in [-0.3, -0.25) is 4.79 Å². The highest BCUT2D eigenvalue weighted by Crippen LogP contribution is 2.37. The quantitative estimate of drug-likeness (QED) is 0.394. The van der Waals surface area contributed by atoms with Gasteiger partial charge in [0, 0.05) is 23.5 Å². The summed E-state index contributed by atoms with van der Waals surface area (Å²) in [6, 6.07) is 6.91. The predicted molar refractivity (Wildman–Crippen MR) is 107 cm³/mol. The van der Waals surface area contributed by atoms with Crippen molar-refractivity contribution in [1.29, 1.82) is 0 Å². The molecule has 8 nitrogen and oxygen atoms in total. The number of H-pyrrole nitrogens is 1. The third-order valence-corrected chi connectivity index (χ3v) is 4.24. The number of hydrogen-bond acceptors (Lipinski definition) is 5. The molecule has 0 radical (unpaired) electrons. The molecule has 0 atom stereocenters. The second-order valence-electron chi connectivity index (χ2n) is 6.00. The normalized spacial score (nSPS) is 14.8. The number of carbonyl (C=O) groups excluding carboxylic acids is 2. The molecule has 0 saturated carbocycles. The Labute approximate surface area is 166 Å². The number of nitrogens with one attached hydrogen (secondary N) is 2. The molecule has 1 aromatic heterocycles. The SMILES string of the molecule is COC(=O)C(C=CC(=O)O)=Cc1cccc2c1C(=Cc1[nH]ccc1OC)C(=O)N2. The van der Waals surface area contributed by atoms with Gasteiger partial charge in [0.25, 0.3) is 5.91 Å². The van der Waals surface area contributed by atoms with Crippen molar-refractivity contribution in [3.8, 4) is 5.75 Å². The maximum absolute atomic E-state index is 12.6. The number of benzene rings is 1. The number of fused-ring (bicyclic) bond motifs is 1. The first-order valence-corrected chi connectivity index (χ1v) is 8.53. The number of aromatic nitrogens is 1. The van der Waals surface area contributed by atoms with Gasteiger partial charge in [0.05, 0.1) is 31.1 Å². The molecule has 3 N–H and O–H groups in total. The van der Waals surface area contributed by atoms with E-state index in [9.17, 15) is 14.4 Å². The molecule has 0 unspecified atom stereocenters. The summed E-state index contributed by atoms with van der Waals surface area (Å²) in [5.74, 6) is -1.63. The van der Waals surface area contributed by atoms with Crippen molar-refractivity contribution in [3.63, 3.8) is 0 Å². The van der Waals surface area contributed by atoms with Gasteiger partial charge in [0.15, 0.2) is 0 Å². The van der Waals surface area contributed by atoms with E-state index >= 15 is 0 Å². The third kappa shape index (κ3) is 4.11. The molecule has 0 bridgehead atoms. The summed E-state index contributed by atoms with van der Waals surface area (Å²) in [4.78, 5) is 38.5. The van der Waals surface area contributed by atoms with Crippen molar-refractivity contribution in [1.82, 2.24) is 4.98 Å². The van der Waals surface area contributed by atoms with E-state index in [0.29, 0.717) is 33.8 Å². The number of hydrogen-bond donors (Lipinski definition) is 3. The molecule has 2 aromatic rings. The Kier molecular flexibility index (Phi) is 5.64. The summed E-state index contributed by atoms with van der Waals surface area (Å²) in [6.45, 7) is 0. The number of carboxylic acid groups (broad SMARTS) is 1. The van der Waals surface area contributed by atoms with Gasteiger partial charge >= 0.3 is 11.9 Å². The minimum atomic E-state index is -1.20. The summed E-state index contributed by atoms with van der Waals surface area (Å²) in [6.07, 6.45) is 6.81. The van der Waals surface area contributed by atoms with E-state index < -0.39 is 11.9 Å².